The summed E-state index contributed by atoms with van der Waals surface area (Å²) in [5, 5.41) is 12.5. The van der Waals surface area contributed by atoms with E-state index in [1.54, 1.807) is 17.7 Å². The molecule has 1 amide bonds. The van der Waals surface area contributed by atoms with Crippen LogP contribution in [0.1, 0.15) is 38.2 Å². The Morgan fingerprint density at radius 1 is 1.11 bits per heavy atom. The van der Waals surface area contributed by atoms with E-state index in [9.17, 15) is 19.5 Å². The largest absolute Gasteiger partial charge is 0.480 e. The second-order valence-corrected chi connectivity index (χ2v) is 8.45. The lowest BCUT2D eigenvalue weighted by molar-refractivity contribution is -0.142. The number of nitrogens with one attached hydrogen (secondary N) is 1. The average molecular weight is 478 g/mol. The third kappa shape index (κ3) is 5.60. The van der Waals surface area contributed by atoms with Crippen molar-refractivity contribution in [3.05, 3.63) is 79.0 Å². The topological polar surface area (TPSA) is 124 Å². The molecule has 2 aromatic carbocycles. The number of carboxylic acid groups (broad SMARTS) is 1. The molecule has 0 aliphatic rings. The van der Waals surface area contributed by atoms with Crippen LogP contribution in [0.3, 0.4) is 0 Å². The Bertz CT molecular complexity index is 1220. The minimum atomic E-state index is -1.60. The van der Waals surface area contributed by atoms with Gasteiger partial charge in [-0.2, -0.15) is 0 Å². The van der Waals surface area contributed by atoms with Crippen molar-refractivity contribution in [1.29, 1.82) is 0 Å². The number of benzene rings is 2. The van der Waals surface area contributed by atoms with E-state index in [1.807, 2.05) is 61.5 Å². The molecule has 0 radical (unpaired) electrons. The lowest BCUT2D eigenvalue weighted by Gasteiger charge is -2.27. The van der Waals surface area contributed by atoms with Crippen LogP contribution in [0.25, 0.3) is 10.9 Å². The molecule has 1 heterocycles. The Morgan fingerprint density at radius 3 is 2.37 bits per heavy atom. The number of fused-ring (bicyclic) bond motifs is 1. The second-order valence-electron chi connectivity index (χ2n) is 8.45. The molecule has 1 aromatic heterocycles. The van der Waals surface area contributed by atoms with E-state index >= 15 is 0 Å². The zero-order chi connectivity index (χ0) is 25.6. The fourth-order valence-corrected chi connectivity index (χ4v) is 3.97. The number of esters is 1. The van der Waals surface area contributed by atoms with Gasteiger partial charge in [0.15, 0.2) is 5.75 Å². The number of amides is 1. The maximum absolute atomic E-state index is 13.1. The van der Waals surface area contributed by atoms with Crippen LogP contribution in [0.5, 0.6) is 5.75 Å². The van der Waals surface area contributed by atoms with E-state index in [2.05, 4.69) is 11.9 Å². The molecule has 3 aromatic rings. The molecular weight excluding hydrogens is 446 g/mol. The Morgan fingerprint density at radius 2 is 1.77 bits per heavy atom. The highest BCUT2D eigenvalue weighted by Crippen LogP contribution is 2.31. The third-order valence-corrected chi connectivity index (χ3v) is 6.09. The maximum Gasteiger partial charge on any atom is 0.326 e. The molecule has 0 aliphatic carbocycles. The Balaban J connectivity index is 1.90. The summed E-state index contributed by atoms with van der Waals surface area (Å²) >= 11 is 0. The van der Waals surface area contributed by atoms with Crippen molar-refractivity contribution in [2.45, 2.75) is 50.7 Å². The normalized spacial score (nSPS) is 14.5. The summed E-state index contributed by atoms with van der Waals surface area (Å²) in [6.45, 7) is 7.25. The maximum atomic E-state index is 13.1. The average Bonchev–Trinajstić information content (AvgIpc) is 3.19. The lowest BCUT2D eigenvalue weighted by atomic mass is 9.97. The van der Waals surface area contributed by atoms with Crippen molar-refractivity contribution in [1.82, 2.24) is 9.88 Å². The van der Waals surface area contributed by atoms with Crippen LogP contribution in [0.15, 0.2) is 73.4 Å². The SMILES string of the molecule is C=CC(N)(Cn1cc(OC(=O)C(CC)c2ccccc2)c2ccccc21)C(=O)NC(CC)C(=O)O. The van der Waals surface area contributed by atoms with E-state index < -0.39 is 29.4 Å². The minimum Gasteiger partial charge on any atom is -0.480 e. The van der Waals surface area contributed by atoms with E-state index in [-0.39, 0.29) is 18.9 Å². The zero-order valence-electron chi connectivity index (χ0n) is 19.9. The van der Waals surface area contributed by atoms with Gasteiger partial charge in [-0.15, -0.1) is 6.58 Å². The predicted octanol–water partition coefficient (Wildman–Crippen LogP) is 3.60. The molecular formula is C27H31N3O5. The molecule has 4 N–H and O–H groups in total. The number of carboxylic acids is 1. The number of ether oxygens (including phenoxy) is 1. The van der Waals surface area contributed by atoms with Crippen molar-refractivity contribution in [2.75, 3.05) is 0 Å². The highest BCUT2D eigenvalue weighted by Gasteiger charge is 2.34. The number of nitrogens with two attached hydrogens (primary N) is 1. The van der Waals surface area contributed by atoms with Gasteiger partial charge in [0.2, 0.25) is 5.91 Å². The smallest absolute Gasteiger partial charge is 0.326 e. The van der Waals surface area contributed by atoms with Crippen molar-refractivity contribution in [3.63, 3.8) is 0 Å². The number of para-hydroxylation sites is 1. The van der Waals surface area contributed by atoms with Gasteiger partial charge in [-0.25, -0.2) is 4.79 Å². The standard InChI is InChI=1S/C27H31N3O5/c1-4-19(18-12-8-7-9-13-18)25(33)35-23-16-30(22-15-11-10-14-20(22)23)17-27(28,6-3)26(34)29-21(5-2)24(31)32/h6-16,19,21H,3-5,17,28H2,1-2H3,(H,29,34)(H,31,32). The first-order chi connectivity index (χ1) is 16.7. The molecule has 35 heavy (non-hydrogen) atoms. The van der Waals surface area contributed by atoms with Crippen molar-refractivity contribution in [2.24, 2.45) is 5.73 Å². The van der Waals surface area contributed by atoms with Crippen LogP contribution in [-0.2, 0) is 20.9 Å². The molecule has 0 spiro atoms. The first kappa shape index (κ1) is 25.7. The van der Waals surface area contributed by atoms with Gasteiger partial charge in [-0.1, -0.05) is 62.4 Å². The number of nitrogens with zero attached hydrogens (tertiary/aromatic N) is 1. The first-order valence-electron chi connectivity index (χ1n) is 11.5. The number of aliphatic carboxylic acids is 1. The van der Waals surface area contributed by atoms with E-state index in [4.69, 9.17) is 10.5 Å². The first-order valence-corrected chi connectivity index (χ1v) is 11.5. The fraction of sp³-hybridized carbons (Fsp3) is 0.296. The van der Waals surface area contributed by atoms with Crippen molar-refractivity contribution < 1.29 is 24.2 Å². The summed E-state index contributed by atoms with van der Waals surface area (Å²) in [4.78, 5) is 37.4. The number of hydrogen-bond donors (Lipinski definition) is 3. The minimum absolute atomic E-state index is 0.0354. The van der Waals surface area contributed by atoms with Gasteiger partial charge in [0, 0.05) is 11.6 Å². The van der Waals surface area contributed by atoms with Crippen LogP contribution >= 0.6 is 0 Å². The van der Waals surface area contributed by atoms with Crippen LogP contribution in [0.4, 0.5) is 0 Å². The molecule has 0 saturated heterocycles. The van der Waals surface area contributed by atoms with E-state index in [0.717, 1.165) is 5.56 Å². The zero-order valence-corrected chi connectivity index (χ0v) is 19.9. The van der Waals surface area contributed by atoms with Crippen molar-refractivity contribution >= 4 is 28.7 Å². The number of aromatic nitrogens is 1. The number of rotatable bonds is 11. The molecule has 0 bridgehead atoms. The summed E-state index contributed by atoms with van der Waals surface area (Å²) in [5.41, 5.74) is 6.35. The van der Waals surface area contributed by atoms with E-state index in [0.29, 0.717) is 23.1 Å². The Kier molecular flexibility index (Phi) is 8.09. The van der Waals surface area contributed by atoms with Gasteiger partial charge in [0.05, 0.1) is 18.0 Å². The fourth-order valence-electron chi connectivity index (χ4n) is 3.97. The molecule has 8 nitrogen and oxygen atoms in total. The molecule has 3 rings (SSSR count). The van der Waals surface area contributed by atoms with E-state index in [1.165, 1.54) is 6.08 Å². The summed E-state index contributed by atoms with van der Waals surface area (Å²) in [7, 11) is 0. The van der Waals surface area contributed by atoms with Gasteiger partial charge in [-0.3, -0.25) is 9.59 Å². The summed E-state index contributed by atoms with van der Waals surface area (Å²) in [6.07, 6.45) is 3.71. The molecule has 3 unspecified atom stereocenters. The Labute approximate surface area is 204 Å². The van der Waals surface area contributed by atoms with Gasteiger partial charge in [0.25, 0.3) is 0 Å². The second kappa shape index (κ2) is 11.0. The molecule has 8 heteroatoms. The summed E-state index contributed by atoms with van der Waals surface area (Å²) in [5.74, 6) is -2.25. The number of carbonyl (C=O) groups is 3. The highest BCUT2D eigenvalue weighted by atomic mass is 16.5. The quantitative estimate of drug-likeness (QED) is 0.286. The number of hydrogen-bond acceptors (Lipinski definition) is 5. The predicted molar refractivity (Wildman–Crippen MR) is 134 cm³/mol. The summed E-state index contributed by atoms with van der Waals surface area (Å²) in [6, 6.07) is 15.7. The van der Waals surface area contributed by atoms with Gasteiger partial charge in [0.1, 0.15) is 11.6 Å². The third-order valence-electron chi connectivity index (χ3n) is 6.09. The van der Waals surface area contributed by atoms with Crippen LogP contribution in [0, 0.1) is 0 Å². The van der Waals surface area contributed by atoms with Gasteiger partial charge >= 0.3 is 11.9 Å². The number of carbonyl (C=O) groups excluding carboxylic acids is 2. The highest BCUT2D eigenvalue weighted by molar-refractivity contribution is 5.93. The van der Waals surface area contributed by atoms with Crippen molar-refractivity contribution in [3.8, 4) is 5.75 Å². The Hall–Kier alpha value is -3.91. The molecule has 0 fully saturated rings. The monoisotopic (exact) mass is 477 g/mol. The van der Waals surface area contributed by atoms with Crippen LogP contribution < -0.4 is 15.8 Å². The molecule has 0 saturated carbocycles. The lowest BCUT2D eigenvalue weighted by Crippen LogP contribution is -2.58. The molecule has 3 atom stereocenters. The summed E-state index contributed by atoms with van der Waals surface area (Å²) < 4.78 is 7.55. The van der Waals surface area contributed by atoms with Gasteiger partial charge in [-0.05, 0) is 30.5 Å². The van der Waals surface area contributed by atoms with Gasteiger partial charge < -0.3 is 25.5 Å². The van der Waals surface area contributed by atoms with Crippen LogP contribution in [0.2, 0.25) is 0 Å². The molecule has 184 valence electrons. The van der Waals surface area contributed by atoms with Crippen LogP contribution in [-0.4, -0.2) is 39.1 Å². The molecule has 0 aliphatic heterocycles.